The van der Waals surface area contributed by atoms with Crippen molar-refractivity contribution in [3.8, 4) is 17.2 Å². The van der Waals surface area contributed by atoms with Gasteiger partial charge in [-0.05, 0) is 53.9 Å². The SMILES string of the molecule is CCc1ccc(-n2c(SCC(=O)NCc3ccc4c(c3)OCO4)nc3ccccc3c2=O)cc1. The van der Waals surface area contributed by atoms with Gasteiger partial charge in [-0.3, -0.25) is 14.2 Å². The van der Waals surface area contributed by atoms with Crippen molar-refractivity contribution in [3.05, 3.63) is 88.2 Å². The third kappa shape index (κ3) is 4.49. The minimum Gasteiger partial charge on any atom is -0.454 e. The molecular weight excluding hydrogens is 450 g/mol. The summed E-state index contributed by atoms with van der Waals surface area (Å²) in [5.41, 5.74) is 3.28. The molecule has 0 atom stereocenters. The number of hydrogen-bond donors (Lipinski definition) is 1. The monoisotopic (exact) mass is 473 g/mol. The van der Waals surface area contributed by atoms with Crippen molar-refractivity contribution in [1.82, 2.24) is 14.9 Å². The predicted molar refractivity (Wildman–Crippen MR) is 132 cm³/mol. The van der Waals surface area contributed by atoms with E-state index in [9.17, 15) is 9.59 Å². The number of ether oxygens (including phenoxy) is 2. The Balaban J connectivity index is 1.36. The average molecular weight is 474 g/mol. The van der Waals surface area contributed by atoms with E-state index in [1.165, 1.54) is 17.3 Å². The minimum atomic E-state index is -0.155. The van der Waals surface area contributed by atoms with E-state index < -0.39 is 0 Å². The molecule has 34 heavy (non-hydrogen) atoms. The molecule has 0 bridgehead atoms. The first-order chi connectivity index (χ1) is 16.6. The largest absolute Gasteiger partial charge is 0.454 e. The van der Waals surface area contributed by atoms with Crippen LogP contribution in [0.1, 0.15) is 18.1 Å². The van der Waals surface area contributed by atoms with Crippen LogP contribution in [0.25, 0.3) is 16.6 Å². The summed E-state index contributed by atoms with van der Waals surface area (Å²) in [4.78, 5) is 30.6. The van der Waals surface area contributed by atoms with Crippen LogP contribution < -0.4 is 20.3 Å². The van der Waals surface area contributed by atoms with Crippen LogP contribution in [0.3, 0.4) is 0 Å². The van der Waals surface area contributed by atoms with E-state index in [1.54, 1.807) is 10.6 Å². The average Bonchev–Trinajstić information content (AvgIpc) is 3.34. The van der Waals surface area contributed by atoms with Crippen molar-refractivity contribution in [2.45, 2.75) is 25.0 Å². The number of carbonyl (C=O) groups excluding carboxylic acids is 1. The lowest BCUT2D eigenvalue weighted by molar-refractivity contribution is -0.118. The Kier molecular flexibility index (Phi) is 6.22. The van der Waals surface area contributed by atoms with Crippen LogP contribution in [0.4, 0.5) is 0 Å². The van der Waals surface area contributed by atoms with Gasteiger partial charge in [-0.2, -0.15) is 0 Å². The molecule has 0 saturated carbocycles. The van der Waals surface area contributed by atoms with Crippen LogP contribution in [-0.2, 0) is 17.8 Å². The molecular formula is C26H23N3O4S. The molecule has 0 aliphatic carbocycles. The first kappa shape index (κ1) is 22.0. The summed E-state index contributed by atoms with van der Waals surface area (Å²) >= 11 is 1.24. The van der Waals surface area contributed by atoms with E-state index in [0.29, 0.717) is 34.1 Å². The first-order valence-corrected chi connectivity index (χ1v) is 12.0. The van der Waals surface area contributed by atoms with E-state index in [-0.39, 0.29) is 24.0 Å². The lowest BCUT2D eigenvalue weighted by Crippen LogP contribution is -2.26. The van der Waals surface area contributed by atoms with Gasteiger partial charge >= 0.3 is 0 Å². The third-order valence-electron chi connectivity index (χ3n) is 5.61. The van der Waals surface area contributed by atoms with E-state index in [0.717, 1.165) is 17.7 Å². The Hall–Kier alpha value is -3.78. The van der Waals surface area contributed by atoms with E-state index in [2.05, 4.69) is 12.2 Å². The number of nitrogens with zero attached hydrogens (tertiary/aromatic N) is 2. The predicted octanol–water partition coefficient (Wildman–Crippen LogP) is 4.09. The van der Waals surface area contributed by atoms with Gasteiger partial charge in [0.05, 0.1) is 22.3 Å². The minimum absolute atomic E-state index is 0.127. The maximum Gasteiger partial charge on any atom is 0.266 e. The van der Waals surface area contributed by atoms with Gasteiger partial charge in [-0.25, -0.2) is 4.98 Å². The van der Waals surface area contributed by atoms with Gasteiger partial charge in [0.25, 0.3) is 5.56 Å². The van der Waals surface area contributed by atoms with E-state index >= 15 is 0 Å². The van der Waals surface area contributed by atoms with Crippen LogP contribution in [0.2, 0.25) is 0 Å². The summed E-state index contributed by atoms with van der Waals surface area (Å²) in [7, 11) is 0. The Morgan fingerprint density at radius 2 is 1.79 bits per heavy atom. The highest BCUT2D eigenvalue weighted by Gasteiger charge is 2.16. The molecule has 1 aromatic heterocycles. The van der Waals surface area contributed by atoms with Crippen LogP contribution in [-0.4, -0.2) is 28.0 Å². The zero-order chi connectivity index (χ0) is 23.5. The molecule has 172 valence electrons. The van der Waals surface area contributed by atoms with Crippen LogP contribution in [0.15, 0.2) is 76.7 Å². The van der Waals surface area contributed by atoms with Gasteiger partial charge in [-0.15, -0.1) is 0 Å². The van der Waals surface area contributed by atoms with Crippen LogP contribution in [0, 0.1) is 0 Å². The normalized spacial score (nSPS) is 12.1. The summed E-state index contributed by atoms with van der Waals surface area (Å²) in [5, 5.41) is 3.93. The number of thioether (sulfide) groups is 1. The molecule has 8 heteroatoms. The molecule has 0 fully saturated rings. The van der Waals surface area contributed by atoms with Gasteiger partial charge < -0.3 is 14.8 Å². The number of aryl methyl sites for hydroxylation is 1. The van der Waals surface area contributed by atoms with Crippen LogP contribution in [0.5, 0.6) is 11.5 Å². The number of nitrogens with one attached hydrogen (secondary N) is 1. The van der Waals surface area contributed by atoms with Crippen LogP contribution >= 0.6 is 11.8 Å². The molecule has 0 radical (unpaired) electrons. The Morgan fingerprint density at radius 3 is 2.62 bits per heavy atom. The lowest BCUT2D eigenvalue weighted by Gasteiger charge is -2.14. The number of aromatic nitrogens is 2. The van der Waals surface area contributed by atoms with Gasteiger partial charge in [0.1, 0.15) is 0 Å². The van der Waals surface area contributed by atoms with Crippen molar-refractivity contribution in [3.63, 3.8) is 0 Å². The highest BCUT2D eigenvalue weighted by atomic mass is 32.2. The summed E-state index contributed by atoms with van der Waals surface area (Å²) in [6.45, 7) is 2.66. The smallest absolute Gasteiger partial charge is 0.266 e. The van der Waals surface area contributed by atoms with Gasteiger partial charge in [0, 0.05) is 6.54 Å². The van der Waals surface area contributed by atoms with Crippen molar-refractivity contribution in [1.29, 1.82) is 0 Å². The second kappa shape index (κ2) is 9.61. The van der Waals surface area contributed by atoms with Gasteiger partial charge in [0.15, 0.2) is 16.7 Å². The molecule has 1 amide bonds. The molecule has 0 spiro atoms. The number of benzene rings is 3. The van der Waals surface area contributed by atoms with E-state index in [4.69, 9.17) is 14.5 Å². The molecule has 1 N–H and O–H groups in total. The number of hydrogen-bond acceptors (Lipinski definition) is 6. The number of amides is 1. The number of rotatable bonds is 7. The topological polar surface area (TPSA) is 82.5 Å². The first-order valence-electron chi connectivity index (χ1n) is 11.0. The second-order valence-corrected chi connectivity index (χ2v) is 8.77. The molecule has 4 aromatic rings. The maximum absolute atomic E-state index is 13.3. The fourth-order valence-electron chi connectivity index (χ4n) is 3.75. The Labute approximate surface area is 200 Å². The highest BCUT2D eigenvalue weighted by Crippen LogP contribution is 2.32. The molecule has 2 heterocycles. The number of fused-ring (bicyclic) bond motifs is 2. The third-order valence-corrected chi connectivity index (χ3v) is 6.55. The Bertz CT molecular complexity index is 1420. The molecule has 7 nitrogen and oxygen atoms in total. The highest BCUT2D eigenvalue weighted by molar-refractivity contribution is 7.99. The molecule has 3 aromatic carbocycles. The summed E-state index contributed by atoms with van der Waals surface area (Å²) < 4.78 is 12.3. The lowest BCUT2D eigenvalue weighted by atomic mass is 10.1. The molecule has 5 rings (SSSR count). The van der Waals surface area contributed by atoms with Crippen molar-refractivity contribution < 1.29 is 14.3 Å². The van der Waals surface area contributed by atoms with Gasteiger partial charge in [0.2, 0.25) is 12.7 Å². The van der Waals surface area contributed by atoms with Crippen molar-refractivity contribution >= 4 is 28.6 Å². The maximum atomic E-state index is 13.3. The summed E-state index contributed by atoms with van der Waals surface area (Å²) in [6.07, 6.45) is 0.913. The molecule has 0 unspecified atom stereocenters. The molecule has 0 saturated heterocycles. The zero-order valence-corrected chi connectivity index (χ0v) is 19.4. The standard InChI is InChI=1S/C26H23N3O4S/c1-2-17-7-10-19(11-8-17)29-25(31)20-5-3-4-6-21(20)28-26(29)34-15-24(30)27-14-18-9-12-22-23(13-18)33-16-32-22/h3-13H,2,14-16H2,1H3,(H,27,30). The molecule has 1 aliphatic heterocycles. The Morgan fingerprint density at radius 1 is 1.03 bits per heavy atom. The fourth-order valence-corrected chi connectivity index (χ4v) is 4.59. The summed E-state index contributed by atoms with van der Waals surface area (Å²) in [6, 6.07) is 20.7. The quantitative estimate of drug-likeness (QED) is 0.322. The van der Waals surface area contributed by atoms with Gasteiger partial charge in [-0.1, -0.05) is 49.0 Å². The zero-order valence-electron chi connectivity index (χ0n) is 18.6. The van der Waals surface area contributed by atoms with Crippen molar-refractivity contribution in [2.75, 3.05) is 12.5 Å². The second-order valence-electron chi connectivity index (χ2n) is 7.83. The summed E-state index contributed by atoms with van der Waals surface area (Å²) in [5.74, 6) is 1.36. The number of carbonyl (C=O) groups is 1. The fraction of sp³-hybridized carbons (Fsp3) is 0.192. The van der Waals surface area contributed by atoms with Crippen molar-refractivity contribution in [2.24, 2.45) is 0 Å². The number of para-hydroxylation sites is 1. The molecule has 1 aliphatic rings. The van der Waals surface area contributed by atoms with E-state index in [1.807, 2.05) is 60.7 Å².